The number of carbonyl (C=O) groups is 1. The number of hydrogen-bond donors (Lipinski definition) is 1. The van der Waals surface area contributed by atoms with Crippen molar-refractivity contribution in [2.24, 2.45) is 5.92 Å². The third-order valence-corrected chi connectivity index (χ3v) is 3.93. The van der Waals surface area contributed by atoms with Gasteiger partial charge in [0.05, 0.1) is 0 Å². The number of rotatable bonds is 6. The van der Waals surface area contributed by atoms with Crippen molar-refractivity contribution < 1.29 is 4.79 Å². The van der Waals surface area contributed by atoms with Gasteiger partial charge >= 0.3 is 0 Å². The highest BCUT2D eigenvalue weighted by Gasteiger charge is 2.25. The average molecular weight is 279 g/mol. The fourth-order valence-electron chi connectivity index (χ4n) is 2.73. The van der Waals surface area contributed by atoms with Gasteiger partial charge in [-0.1, -0.05) is 6.92 Å². The van der Waals surface area contributed by atoms with Gasteiger partial charge in [0, 0.05) is 13.1 Å². The van der Waals surface area contributed by atoms with Gasteiger partial charge in [-0.25, -0.2) is 9.67 Å². The predicted octanol–water partition coefficient (Wildman–Crippen LogP) is 1.08. The maximum Gasteiger partial charge on any atom is 0.247 e. The number of piperidine rings is 1. The summed E-state index contributed by atoms with van der Waals surface area (Å²) in [6.45, 7) is 7.83. The summed E-state index contributed by atoms with van der Waals surface area (Å²) in [7, 11) is 0. The summed E-state index contributed by atoms with van der Waals surface area (Å²) in [6, 6.07) is -0.272. The molecule has 1 saturated heterocycles. The van der Waals surface area contributed by atoms with E-state index in [0.717, 1.165) is 45.4 Å². The van der Waals surface area contributed by atoms with Gasteiger partial charge < -0.3 is 10.2 Å². The van der Waals surface area contributed by atoms with Crippen LogP contribution in [0.15, 0.2) is 12.7 Å². The lowest BCUT2D eigenvalue weighted by molar-refractivity contribution is -0.135. The normalized spacial score (nSPS) is 17.9. The molecule has 20 heavy (non-hydrogen) atoms. The standard InChI is InChI=1S/C14H25N5O/c1-3-8-18(9-13-4-6-15-7-5-13)14(20)12(2)19-11-16-10-17-19/h10-13,15H,3-9H2,1-2H3. The van der Waals surface area contributed by atoms with Crippen LogP contribution in [0.3, 0.4) is 0 Å². The van der Waals surface area contributed by atoms with Crippen LogP contribution in [0.2, 0.25) is 0 Å². The Bertz CT molecular complexity index is 400. The van der Waals surface area contributed by atoms with Crippen LogP contribution in [0.4, 0.5) is 0 Å². The molecule has 0 saturated carbocycles. The van der Waals surface area contributed by atoms with E-state index in [4.69, 9.17) is 0 Å². The van der Waals surface area contributed by atoms with E-state index in [9.17, 15) is 4.79 Å². The van der Waals surface area contributed by atoms with E-state index < -0.39 is 0 Å². The minimum absolute atomic E-state index is 0.149. The van der Waals surface area contributed by atoms with E-state index >= 15 is 0 Å². The number of aromatic nitrogens is 3. The number of nitrogens with zero attached hydrogens (tertiary/aromatic N) is 4. The second-order valence-corrected chi connectivity index (χ2v) is 5.53. The van der Waals surface area contributed by atoms with E-state index in [2.05, 4.69) is 22.3 Å². The van der Waals surface area contributed by atoms with Crippen LogP contribution in [0.1, 0.15) is 39.2 Å². The van der Waals surface area contributed by atoms with Crippen LogP contribution in [-0.4, -0.2) is 51.8 Å². The van der Waals surface area contributed by atoms with Crippen molar-refractivity contribution in [3.63, 3.8) is 0 Å². The smallest absolute Gasteiger partial charge is 0.247 e. The second kappa shape index (κ2) is 7.38. The molecule has 0 radical (unpaired) electrons. The van der Waals surface area contributed by atoms with Gasteiger partial charge in [0.15, 0.2) is 0 Å². The largest absolute Gasteiger partial charge is 0.341 e. The number of nitrogens with one attached hydrogen (secondary N) is 1. The molecule has 2 heterocycles. The molecule has 1 unspecified atom stereocenters. The Hall–Kier alpha value is -1.43. The van der Waals surface area contributed by atoms with Gasteiger partial charge in [-0.2, -0.15) is 5.10 Å². The van der Waals surface area contributed by atoms with Crippen LogP contribution in [0, 0.1) is 5.92 Å². The van der Waals surface area contributed by atoms with E-state index in [1.54, 1.807) is 11.0 Å². The first kappa shape index (κ1) is 15.0. The van der Waals surface area contributed by atoms with Gasteiger partial charge in [0.25, 0.3) is 0 Å². The van der Waals surface area contributed by atoms with E-state index in [1.807, 2.05) is 11.8 Å². The lowest BCUT2D eigenvalue weighted by Crippen LogP contribution is -2.42. The highest BCUT2D eigenvalue weighted by atomic mass is 16.2. The van der Waals surface area contributed by atoms with E-state index in [0.29, 0.717) is 5.92 Å². The fraction of sp³-hybridized carbons (Fsp3) is 0.786. The highest BCUT2D eigenvalue weighted by molar-refractivity contribution is 5.79. The van der Waals surface area contributed by atoms with Crippen molar-refractivity contribution in [3.05, 3.63) is 12.7 Å². The molecule has 1 aromatic rings. The molecular weight excluding hydrogens is 254 g/mol. The van der Waals surface area contributed by atoms with Crippen LogP contribution in [0.5, 0.6) is 0 Å². The quantitative estimate of drug-likeness (QED) is 0.846. The highest BCUT2D eigenvalue weighted by Crippen LogP contribution is 2.16. The molecular formula is C14H25N5O. The maximum absolute atomic E-state index is 12.6. The first-order chi connectivity index (χ1) is 9.72. The fourth-order valence-corrected chi connectivity index (χ4v) is 2.73. The summed E-state index contributed by atoms with van der Waals surface area (Å²) in [5.41, 5.74) is 0. The van der Waals surface area contributed by atoms with Crippen molar-refractivity contribution >= 4 is 5.91 Å². The zero-order valence-electron chi connectivity index (χ0n) is 12.5. The molecule has 0 spiro atoms. The number of hydrogen-bond acceptors (Lipinski definition) is 4. The van der Waals surface area contributed by atoms with E-state index in [-0.39, 0.29) is 11.9 Å². The average Bonchev–Trinajstić information content (AvgIpc) is 3.00. The summed E-state index contributed by atoms with van der Waals surface area (Å²) in [5, 5.41) is 7.44. The zero-order valence-corrected chi connectivity index (χ0v) is 12.5. The molecule has 1 N–H and O–H groups in total. The van der Waals surface area contributed by atoms with Gasteiger partial charge in [-0.15, -0.1) is 0 Å². The third kappa shape index (κ3) is 3.79. The Kier molecular flexibility index (Phi) is 5.52. The second-order valence-electron chi connectivity index (χ2n) is 5.53. The Morgan fingerprint density at radius 3 is 2.85 bits per heavy atom. The van der Waals surface area contributed by atoms with Crippen LogP contribution in [0.25, 0.3) is 0 Å². The van der Waals surface area contributed by atoms with Crippen molar-refractivity contribution in [2.45, 2.75) is 39.2 Å². The van der Waals surface area contributed by atoms with Crippen LogP contribution in [-0.2, 0) is 4.79 Å². The van der Waals surface area contributed by atoms with Crippen molar-refractivity contribution in [2.75, 3.05) is 26.2 Å². The number of amides is 1. The van der Waals surface area contributed by atoms with Crippen molar-refractivity contribution in [1.29, 1.82) is 0 Å². The lowest BCUT2D eigenvalue weighted by Gasteiger charge is -2.31. The van der Waals surface area contributed by atoms with Crippen LogP contribution >= 0.6 is 0 Å². The van der Waals surface area contributed by atoms with Gasteiger partial charge in [0.1, 0.15) is 18.7 Å². The van der Waals surface area contributed by atoms with Gasteiger partial charge in [-0.3, -0.25) is 4.79 Å². The molecule has 6 heteroatoms. The predicted molar refractivity (Wildman–Crippen MR) is 77.2 cm³/mol. The Morgan fingerprint density at radius 2 is 2.25 bits per heavy atom. The summed E-state index contributed by atoms with van der Waals surface area (Å²) >= 11 is 0. The molecule has 112 valence electrons. The van der Waals surface area contributed by atoms with E-state index in [1.165, 1.54) is 6.33 Å². The van der Waals surface area contributed by atoms with Gasteiger partial charge in [0.2, 0.25) is 5.91 Å². The molecule has 1 fully saturated rings. The SMILES string of the molecule is CCCN(CC1CCNCC1)C(=O)C(C)n1cncn1. The Balaban J connectivity index is 1.97. The molecule has 1 aliphatic rings. The molecule has 2 rings (SSSR count). The molecule has 1 aliphatic heterocycles. The monoisotopic (exact) mass is 279 g/mol. The zero-order chi connectivity index (χ0) is 14.4. The third-order valence-electron chi connectivity index (χ3n) is 3.93. The molecule has 1 aromatic heterocycles. The van der Waals surface area contributed by atoms with Crippen LogP contribution < -0.4 is 5.32 Å². The lowest BCUT2D eigenvalue weighted by atomic mass is 9.97. The minimum atomic E-state index is -0.272. The molecule has 6 nitrogen and oxygen atoms in total. The molecule has 1 atom stereocenters. The molecule has 0 aromatic carbocycles. The Morgan fingerprint density at radius 1 is 1.50 bits per heavy atom. The van der Waals surface area contributed by atoms with Crippen molar-refractivity contribution in [1.82, 2.24) is 25.0 Å². The minimum Gasteiger partial charge on any atom is -0.341 e. The topological polar surface area (TPSA) is 63.1 Å². The summed E-state index contributed by atoms with van der Waals surface area (Å²) in [4.78, 5) is 18.5. The summed E-state index contributed by atoms with van der Waals surface area (Å²) in [6.07, 6.45) is 6.38. The van der Waals surface area contributed by atoms with Gasteiger partial charge in [-0.05, 0) is 45.2 Å². The summed E-state index contributed by atoms with van der Waals surface area (Å²) < 4.78 is 1.63. The molecule has 1 amide bonds. The molecule has 0 aliphatic carbocycles. The first-order valence-electron chi connectivity index (χ1n) is 7.56. The Labute approximate surface area is 120 Å². The number of carbonyl (C=O) groups excluding carboxylic acids is 1. The summed E-state index contributed by atoms with van der Waals surface area (Å²) in [5.74, 6) is 0.769. The maximum atomic E-state index is 12.6. The van der Waals surface area contributed by atoms with Crippen molar-refractivity contribution in [3.8, 4) is 0 Å². The first-order valence-corrected chi connectivity index (χ1v) is 7.56. The molecule has 0 bridgehead atoms.